The van der Waals surface area contributed by atoms with E-state index in [1.807, 2.05) is 13.8 Å². The molecule has 0 bridgehead atoms. The van der Waals surface area contributed by atoms with Crippen molar-refractivity contribution >= 4 is 0 Å². The van der Waals surface area contributed by atoms with E-state index >= 15 is 0 Å². The molecule has 0 spiro atoms. The molecule has 0 saturated heterocycles. The second-order valence-corrected chi connectivity index (χ2v) is 4.88. The Balaban J connectivity index is 2.53. The second kappa shape index (κ2) is 4.10. The molecule has 16 heavy (non-hydrogen) atoms. The van der Waals surface area contributed by atoms with Gasteiger partial charge >= 0.3 is 0 Å². The molecule has 2 nitrogen and oxygen atoms in total. The summed E-state index contributed by atoms with van der Waals surface area (Å²) in [6, 6.07) is 4.20. The molecular formula is C14H20O2. The summed E-state index contributed by atoms with van der Waals surface area (Å²) in [6.07, 6.45) is 0.305. The number of ether oxygens (including phenoxy) is 1. The van der Waals surface area contributed by atoms with Gasteiger partial charge < -0.3 is 9.84 Å². The fourth-order valence-corrected chi connectivity index (χ4v) is 2.38. The number of hydrogen-bond acceptors (Lipinski definition) is 2. The first kappa shape index (κ1) is 11.5. The number of rotatable bonds is 2. The monoisotopic (exact) mass is 220 g/mol. The van der Waals surface area contributed by atoms with E-state index < -0.39 is 6.10 Å². The molecule has 0 aliphatic carbocycles. The summed E-state index contributed by atoms with van der Waals surface area (Å²) in [6.45, 7) is 8.39. The minimum Gasteiger partial charge on any atom is -0.487 e. The lowest BCUT2D eigenvalue weighted by Crippen LogP contribution is -2.17. The van der Waals surface area contributed by atoms with Crippen LogP contribution in [0.3, 0.4) is 0 Å². The van der Waals surface area contributed by atoms with Crippen molar-refractivity contribution in [3.63, 3.8) is 0 Å². The van der Waals surface area contributed by atoms with Gasteiger partial charge in [0.15, 0.2) is 0 Å². The minimum absolute atomic E-state index is 0.0754. The molecule has 2 heteroatoms. The van der Waals surface area contributed by atoms with Gasteiger partial charge in [-0.15, -0.1) is 0 Å². The molecule has 1 aromatic rings. The van der Waals surface area contributed by atoms with Gasteiger partial charge in [0.2, 0.25) is 0 Å². The Hall–Kier alpha value is -1.02. The number of fused-ring (bicyclic) bond motifs is 1. The molecule has 88 valence electrons. The molecule has 2 unspecified atom stereocenters. The van der Waals surface area contributed by atoms with Crippen LogP contribution in [-0.2, 0) is 0 Å². The van der Waals surface area contributed by atoms with E-state index in [2.05, 4.69) is 26.0 Å². The van der Waals surface area contributed by atoms with Crippen LogP contribution in [0, 0.1) is 6.92 Å². The van der Waals surface area contributed by atoms with Gasteiger partial charge in [0.1, 0.15) is 18.0 Å². The Morgan fingerprint density at radius 2 is 2.06 bits per heavy atom. The van der Waals surface area contributed by atoms with Gasteiger partial charge in [-0.05, 0) is 30.4 Å². The predicted molar refractivity (Wildman–Crippen MR) is 64.9 cm³/mol. The van der Waals surface area contributed by atoms with E-state index in [1.54, 1.807) is 0 Å². The highest BCUT2D eigenvalue weighted by Gasteiger charge is 2.34. The van der Waals surface area contributed by atoms with E-state index in [9.17, 15) is 5.11 Å². The van der Waals surface area contributed by atoms with E-state index in [-0.39, 0.29) is 6.10 Å². The smallest absolute Gasteiger partial charge is 0.129 e. The van der Waals surface area contributed by atoms with Crippen molar-refractivity contribution in [3.8, 4) is 5.75 Å². The van der Waals surface area contributed by atoms with Crippen LogP contribution in [0.15, 0.2) is 12.1 Å². The molecule has 1 heterocycles. The van der Waals surface area contributed by atoms with Crippen molar-refractivity contribution in [2.75, 3.05) is 0 Å². The Bertz CT molecular complexity index is 396. The quantitative estimate of drug-likeness (QED) is 0.828. The summed E-state index contributed by atoms with van der Waals surface area (Å²) >= 11 is 0. The van der Waals surface area contributed by atoms with Gasteiger partial charge in [0.05, 0.1) is 0 Å². The molecule has 1 aromatic carbocycles. The Kier molecular flexibility index (Phi) is 2.94. The summed E-state index contributed by atoms with van der Waals surface area (Å²) in [5, 5.41) is 10.2. The topological polar surface area (TPSA) is 29.5 Å². The van der Waals surface area contributed by atoms with Crippen LogP contribution in [-0.4, -0.2) is 11.2 Å². The van der Waals surface area contributed by atoms with Crippen LogP contribution in [0.25, 0.3) is 0 Å². The average Bonchev–Trinajstić information content (AvgIpc) is 2.56. The van der Waals surface area contributed by atoms with E-state index in [1.165, 1.54) is 5.56 Å². The maximum Gasteiger partial charge on any atom is 0.129 e. The highest BCUT2D eigenvalue weighted by Crippen LogP contribution is 2.44. The standard InChI is InChI=1S/C14H20O2/c1-5-11-13(15)12-9(4)6-7-10(8(2)3)14(12)16-11/h6-8,11,13,15H,5H2,1-4H3. The first-order valence-electron chi connectivity index (χ1n) is 6.04. The van der Waals surface area contributed by atoms with Gasteiger partial charge in [-0.1, -0.05) is 32.9 Å². The van der Waals surface area contributed by atoms with Crippen molar-refractivity contribution in [1.82, 2.24) is 0 Å². The highest BCUT2D eigenvalue weighted by molar-refractivity contribution is 5.51. The molecule has 1 aliphatic rings. The van der Waals surface area contributed by atoms with Crippen LogP contribution in [0.4, 0.5) is 0 Å². The summed E-state index contributed by atoms with van der Waals surface area (Å²) in [4.78, 5) is 0. The highest BCUT2D eigenvalue weighted by atomic mass is 16.5. The third-order valence-electron chi connectivity index (χ3n) is 3.39. The Labute approximate surface area is 97.3 Å². The third-order valence-corrected chi connectivity index (χ3v) is 3.39. The first-order valence-corrected chi connectivity index (χ1v) is 6.04. The lowest BCUT2D eigenvalue weighted by atomic mass is 9.93. The maximum absolute atomic E-state index is 10.2. The number of benzene rings is 1. The fourth-order valence-electron chi connectivity index (χ4n) is 2.38. The largest absolute Gasteiger partial charge is 0.487 e. The predicted octanol–water partition coefficient (Wildman–Crippen LogP) is 3.32. The van der Waals surface area contributed by atoms with E-state index in [0.717, 1.165) is 23.3 Å². The molecule has 1 aliphatic heterocycles. The summed E-state index contributed by atoms with van der Waals surface area (Å²) in [7, 11) is 0. The number of aliphatic hydroxyl groups excluding tert-OH is 1. The van der Waals surface area contributed by atoms with E-state index in [4.69, 9.17) is 4.74 Å². The lowest BCUT2D eigenvalue weighted by Gasteiger charge is -2.13. The molecule has 2 atom stereocenters. The zero-order valence-corrected chi connectivity index (χ0v) is 10.4. The van der Waals surface area contributed by atoms with Crippen LogP contribution < -0.4 is 4.74 Å². The SMILES string of the molecule is CCC1Oc2c(C(C)C)ccc(C)c2C1O. The number of aryl methyl sites for hydroxylation is 1. The molecular weight excluding hydrogens is 200 g/mol. The van der Waals surface area contributed by atoms with Crippen LogP contribution in [0.5, 0.6) is 5.75 Å². The Morgan fingerprint density at radius 3 is 2.62 bits per heavy atom. The van der Waals surface area contributed by atoms with Crippen molar-refractivity contribution in [2.24, 2.45) is 0 Å². The van der Waals surface area contributed by atoms with E-state index in [0.29, 0.717) is 5.92 Å². The third kappa shape index (κ3) is 1.61. The minimum atomic E-state index is -0.460. The fraction of sp³-hybridized carbons (Fsp3) is 0.571. The average molecular weight is 220 g/mol. The van der Waals surface area contributed by atoms with Gasteiger partial charge in [0, 0.05) is 5.56 Å². The zero-order valence-electron chi connectivity index (χ0n) is 10.4. The summed E-state index contributed by atoms with van der Waals surface area (Å²) in [5.41, 5.74) is 3.33. The van der Waals surface area contributed by atoms with Crippen molar-refractivity contribution in [2.45, 2.75) is 52.2 Å². The molecule has 0 aromatic heterocycles. The molecule has 0 fully saturated rings. The molecule has 0 saturated carbocycles. The molecule has 0 radical (unpaired) electrons. The van der Waals surface area contributed by atoms with Gasteiger partial charge in [0.25, 0.3) is 0 Å². The lowest BCUT2D eigenvalue weighted by molar-refractivity contribution is 0.0647. The summed E-state index contributed by atoms with van der Waals surface area (Å²) in [5.74, 6) is 1.35. The molecule has 0 amide bonds. The number of aliphatic hydroxyl groups is 1. The summed E-state index contributed by atoms with van der Waals surface area (Å²) < 4.78 is 5.89. The van der Waals surface area contributed by atoms with Gasteiger partial charge in [-0.3, -0.25) is 0 Å². The van der Waals surface area contributed by atoms with Gasteiger partial charge in [-0.25, -0.2) is 0 Å². The maximum atomic E-state index is 10.2. The van der Waals surface area contributed by atoms with Crippen LogP contribution in [0.2, 0.25) is 0 Å². The second-order valence-electron chi connectivity index (χ2n) is 4.88. The Morgan fingerprint density at radius 1 is 1.38 bits per heavy atom. The molecule has 2 rings (SSSR count). The van der Waals surface area contributed by atoms with Crippen molar-refractivity contribution < 1.29 is 9.84 Å². The zero-order chi connectivity index (χ0) is 11.9. The first-order chi connectivity index (χ1) is 7.56. The molecule has 1 N–H and O–H groups in total. The number of hydrogen-bond donors (Lipinski definition) is 1. The van der Waals surface area contributed by atoms with Crippen molar-refractivity contribution in [3.05, 3.63) is 28.8 Å². The van der Waals surface area contributed by atoms with Crippen LogP contribution in [0.1, 0.15) is 55.9 Å². The normalized spacial score (nSPS) is 23.4. The van der Waals surface area contributed by atoms with Gasteiger partial charge in [-0.2, -0.15) is 0 Å². The van der Waals surface area contributed by atoms with Crippen LogP contribution >= 0.6 is 0 Å². The van der Waals surface area contributed by atoms with Crippen molar-refractivity contribution in [1.29, 1.82) is 0 Å².